The van der Waals surface area contributed by atoms with E-state index in [0.29, 0.717) is 21.4 Å². The molecule has 3 rings (SSSR count). The van der Waals surface area contributed by atoms with Gasteiger partial charge in [-0.15, -0.1) is 11.6 Å². The topological polar surface area (TPSA) is 17.8 Å². The van der Waals surface area contributed by atoms with E-state index in [2.05, 4.69) is 4.98 Å². The van der Waals surface area contributed by atoms with Crippen LogP contribution in [0.3, 0.4) is 0 Å². The minimum absolute atomic E-state index is 0.301. The van der Waals surface area contributed by atoms with Gasteiger partial charge >= 0.3 is 0 Å². The van der Waals surface area contributed by atoms with Crippen molar-refractivity contribution in [1.29, 1.82) is 0 Å². The number of rotatable bonds is 2. The Bertz CT molecular complexity index is 810. The first kappa shape index (κ1) is 14.6. The molecule has 0 aliphatic rings. The van der Waals surface area contributed by atoms with E-state index in [1.807, 2.05) is 11.5 Å². The van der Waals surface area contributed by atoms with Crippen molar-refractivity contribution in [2.75, 3.05) is 0 Å². The average molecular weight is 344 g/mol. The van der Waals surface area contributed by atoms with E-state index >= 15 is 0 Å². The molecule has 0 radical (unpaired) electrons. The first-order chi connectivity index (χ1) is 9.97. The van der Waals surface area contributed by atoms with Crippen molar-refractivity contribution in [2.24, 2.45) is 0 Å². The van der Waals surface area contributed by atoms with Gasteiger partial charge in [-0.25, -0.2) is 9.37 Å². The molecule has 0 amide bonds. The molecule has 0 aliphatic heterocycles. The molecule has 1 atom stereocenters. The average Bonchev–Trinajstić information content (AvgIpc) is 2.79. The number of hydrogen-bond donors (Lipinski definition) is 0. The largest absolute Gasteiger partial charge is 0.295 e. The standard InChI is InChI=1S/C15H10Cl3FN2/c1-8(16)15-20-13-6-11(17)12(18)7-14(13)21(15)10-4-2-9(19)3-5-10/h2-8H,1H3. The maximum absolute atomic E-state index is 13.1. The second-order valence-electron chi connectivity index (χ2n) is 4.65. The summed E-state index contributed by atoms with van der Waals surface area (Å²) in [5.41, 5.74) is 2.23. The number of nitrogens with zero attached hydrogens (tertiary/aromatic N) is 2. The van der Waals surface area contributed by atoms with E-state index in [9.17, 15) is 4.39 Å². The number of fused-ring (bicyclic) bond motifs is 1. The summed E-state index contributed by atoms with van der Waals surface area (Å²) in [5, 5.41) is 0.544. The summed E-state index contributed by atoms with van der Waals surface area (Å²) in [5.74, 6) is 0.348. The van der Waals surface area contributed by atoms with Crippen LogP contribution in [0.15, 0.2) is 36.4 Å². The number of alkyl halides is 1. The van der Waals surface area contributed by atoms with Gasteiger partial charge in [0.2, 0.25) is 0 Å². The van der Waals surface area contributed by atoms with Gasteiger partial charge in [0.05, 0.1) is 26.5 Å². The number of aromatic nitrogens is 2. The molecular formula is C15H10Cl3FN2. The third kappa shape index (κ3) is 2.61. The highest BCUT2D eigenvalue weighted by Gasteiger charge is 2.17. The van der Waals surface area contributed by atoms with Gasteiger partial charge in [0.25, 0.3) is 0 Å². The van der Waals surface area contributed by atoms with Crippen molar-refractivity contribution in [1.82, 2.24) is 9.55 Å². The van der Waals surface area contributed by atoms with Crippen LogP contribution in [0, 0.1) is 5.82 Å². The number of benzene rings is 2. The highest BCUT2D eigenvalue weighted by atomic mass is 35.5. The van der Waals surface area contributed by atoms with Crippen LogP contribution in [-0.2, 0) is 0 Å². The van der Waals surface area contributed by atoms with Crippen LogP contribution in [0.5, 0.6) is 0 Å². The molecule has 3 aromatic rings. The van der Waals surface area contributed by atoms with Gasteiger partial charge in [-0.3, -0.25) is 4.57 Å². The zero-order chi connectivity index (χ0) is 15.1. The van der Waals surface area contributed by atoms with Gasteiger partial charge in [-0.05, 0) is 43.3 Å². The summed E-state index contributed by atoms with van der Waals surface area (Å²) in [6.45, 7) is 1.83. The molecular weight excluding hydrogens is 334 g/mol. The van der Waals surface area contributed by atoms with Gasteiger partial charge in [0.1, 0.15) is 11.6 Å². The van der Waals surface area contributed by atoms with E-state index in [1.54, 1.807) is 24.3 Å². The third-order valence-corrected chi connectivity index (χ3v) is 4.08. The van der Waals surface area contributed by atoms with Crippen LogP contribution in [0.2, 0.25) is 10.0 Å². The van der Waals surface area contributed by atoms with Crippen LogP contribution in [-0.4, -0.2) is 9.55 Å². The smallest absolute Gasteiger partial charge is 0.132 e. The number of hydrogen-bond acceptors (Lipinski definition) is 1. The lowest BCUT2D eigenvalue weighted by molar-refractivity contribution is 0.627. The molecule has 6 heteroatoms. The molecule has 1 heterocycles. The monoisotopic (exact) mass is 342 g/mol. The van der Waals surface area contributed by atoms with Crippen LogP contribution < -0.4 is 0 Å². The molecule has 0 saturated heterocycles. The molecule has 0 fully saturated rings. The van der Waals surface area contributed by atoms with E-state index in [0.717, 1.165) is 11.2 Å². The zero-order valence-electron chi connectivity index (χ0n) is 10.9. The molecule has 0 N–H and O–H groups in total. The highest BCUT2D eigenvalue weighted by Crippen LogP contribution is 2.33. The second kappa shape index (κ2) is 5.48. The molecule has 0 spiro atoms. The Morgan fingerprint density at radius 1 is 1.10 bits per heavy atom. The summed E-state index contributed by atoms with van der Waals surface area (Å²) < 4.78 is 15.0. The van der Waals surface area contributed by atoms with Crippen LogP contribution in [0.25, 0.3) is 16.7 Å². The Balaban J connectivity index is 2.35. The minimum atomic E-state index is -0.319. The summed E-state index contributed by atoms with van der Waals surface area (Å²) >= 11 is 18.3. The SMILES string of the molecule is CC(Cl)c1nc2cc(Cl)c(Cl)cc2n1-c1ccc(F)cc1. The molecule has 108 valence electrons. The molecule has 2 nitrogen and oxygen atoms in total. The van der Waals surface area contributed by atoms with E-state index in [4.69, 9.17) is 34.8 Å². The summed E-state index contributed by atoms with van der Waals surface area (Å²) in [7, 11) is 0. The molecule has 0 aliphatic carbocycles. The van der Waals surface area contributed by atoms with Gasteiger partial charge < -0.3 is 0 Å². The number of halogens is 4. The molecule has 0 bridgehead atoms. The Morgan fingerprint density at radius 2 is 1.71 bits per heavy atom. The molecule has 0 saturated carbocycles. The fraction of sp³-hybridized carbons (Fsp3) is 0.133. The molecule has 1 unspecified atom stereocenters. The Hall–Kier alpha value is -1.29. The normalized spacial score (nSPS) is 12.8. The fourth-order valence-corrected chi connectivity index (χ4v) is 2.68. The predicted molar refractivity (Wildman–Crippen MR) is 85.3 cm³/mol. The van der Waals surface area contributed by atoms with E-state index in [1.165, 1.54) is 12.1 Å². The first-order valence-corrected chi connectivity index (χ1v) is 7.44. The number of imidazole rings is 1. The van der Waals surface area contributed by atoms with Crippen molar-refractivity contribution in [3.8, 4) is 5.69 Å². The van der Waals surface area contributed by atoms with Gasteiger partial charge in [-0.2, -0.15) is 0 Å². The van der Waals surface area contributed by atoms with Gasteiger partial charge in [0.15, 0.2) is 0 Å². The zero-order valence-corrected chi connectivity index (χ0v) is 13.2. The van der Waals surface area contributed by atoms with Gasteiger partial charge in [0, 0.05) is 5.69 Å². The summed E-state index contributed by atoms with van der Waals surface area (Å²) in [6, 6.07) is 9.55. The Labute approximate surface area is 136 Å². The molecule has 1 aromatic heterocycles. The maximum Gasteiger partial charge on any atom is 0.132 e. The lowest BCUT2D eigenvalue weighted by Gasteiger charge is -2.10. The third-order valence-electron chi connectivity index (χ3n) is 3.16. The fourth-order valence-electron chi connectivity index (χ4n) is 2.22. The lowest BCUT2D eigenvalue weighted by Crippen LogP contribution is -2.01. The van der Waals surface area contributed by atoms with Crippen LogP contribution in [0.4, 0.5) is 4.39 Å². The first-order valence-electron chi connectivity index (χ1n) is 6.25. The van der Waals surface area contributed by atoms with Crippen LogP contribution in [0.1, 0.15) is 18.1 Å². The summed E-state index contributed by atoms with van der Waals surface area (Å²) in [4.78, 5) is 4.51. The van der Waals surface area contributed by atoms with Crippen molar-refractivity contribution >= 4 is 45.8 Å². The molecule has 2 aromatic carbocycles. The summed E-state index contributed by atoms with van der Waals surface area (Å²) in [6.07, 6.45) is 0. The maximum atomic E-state index is 13.1. The van der Waals surface area contributed by atoms with Crippen LogP contribution >= 0.6 is 34.8 Å². The quantitative estimate of drug-likeness (QED) is 0.540. The second-order valence-corrected chi connectivity index (χ2v) is 6.12. The van der Waals surface area contributed by atoms with E-state index in [-0.39, 0.29) is 11.2 Å². The highest BCUT2D eigenvalue weighted by molar-refractivity contribution is 6.42. The van der Waals surface area contributed by atoms with Gasteiger partial charge in [-0.1, -0.05) is 23.2 Å². The minimum Gasteiger partial charge on any atom is -0.295 e. The van der Waals surface area contributed by atoms with Crippen molar-refractivity contribution in [2.45, 2.75) is 12.3 Å². The van der Waals surface area contributed by atoms with Crippen molar-refractivity contribution < 1.29 is 4.39 Å². The van der Waals surface area contributed by atoms with Crippen molar-refractivity contribution in [3.63, 3.8) is 0 Å². The Morgan fingerprint density at radius 3 is 2.33 bits per heavy atom. The Kier molecular flexibility index (Phi) is 3.82. The molecule has 21 heavy (non-hydrogen) atoms. The van der Waals surface area contributed by atoms with Crippen molar-refractivity contribution in [3.05, 3.63) is 58.1 Å². The predicted octanol–water partition coefficient (Wildman–Crippen LogP) is 5.77. The van der Waals surface area contributed by atoms with E-state index < -0.39 is 0 Å². The lowest BCUT2D eigenvalue weighted by atomic mass is 10.2.